The largest absolute Gasteiger partial charge is 0.493 e. The van der Waals surface area contributed by atoms with Crippen molar-refractivity contribution in [3.63, 3.8) is 0 Å². The first kappa shape index (κ1) is 18.3. The van der Waals surface area contributed by atoms with E-state index in [0.717, 1.165) is 5.56 Å². The summed E-state index contributed by atoms with van der Waals surface area (Å²) in [5.41, 5.74) is 1.44. The number of hydrogen-bond acceptors (Lipinski definition) is 7. The van der Waals surface area contributed by atoms with Gasteiger partial charge in [0.2, 0.25) is 0 Å². The molecule has 0 unspecified atom stereocenters. The van der Waals surface area contributed by atoms with Crippen LogP contribution in [0.1, 0.15) is 17.0 Å². The molecule has 0 N–H and O–H groups in total. The first-order chi connectivity index (χ1) is 13.1. The number of furan rings is 1. The topological polar surface area (TPSA) is 83.9 Å². The maximum atomic E-state index is 11.2. The molecule has 0 saturated heterocycles. The summed E-state index contributed by atoms with van der Waals surface area (Å²) in [6, 6.07) is 8.88. The van der Waals surface area contributed by atoms with Crippen LogP contribution in [0.3, 0.4) is 0 Å². The number of benzene rings is 1. The van der Waals surface area contributed by atoms with Gasteiger partial charge in [0.25, 0.3) is 5.89 Å². The van der Waals surface area contributed by atoms with Crippen molar-refractivity contribution >= 4 is 12.0 Å². The lowest BCUT2D eigenvalue weighted by Gasteiger charge is -2.10. The molecular weight excluding hydrogens is 350 g/mol. The minimum atomic E-state index is -0.428. The van der Waals surface area contributed by atoms with Crippen LogP contribution < -0.4 is 9.47 Å². The Kier molecular flexibility index (Phi) is 5.61. The van der Waals surface area contributed by atoms with Gasteiger partial charge in [0.05, 0.1) is 20.5 Å². The number of ether oxygens (including phenoxy) is 3. The molecule has 0 bridgehead atoms. The predicted octanol–water partition coefficient (Wildman–Crippen LogP) is 4.02. The zero-order valence-corrected chi connectivity index (χ0v) is 15.2. The van der Waals surface area contributed by atoms with E-state index in [1.807, 2.05) is 6.92 Å². The number of methoxy groups -OCH3 is 2. The molecule has 0 atom stereocenters. The second-order valence-corrected chi connectivity index (χ2v) is 5.55. The van der Waals surface area contributed by atoms with Gasteiger partial charge in [-0.1, -0.05) is 6.07 Å². The van der Waals surface area contributed by atoms with Gasteiger partial charge >= 0.3 is 5.97 Å². The van der Waals surface area contributed by atoms with Crippen LogP contribution in [0.15, 0.2) is 51.5 Å². The van der Waals surface area contributed by atoms with Crippen molar-refractivity contribution in [2.24, 2.45) is 0 Å². The molecule has 140 valence electrons. The smallest absolute Gasteiger partial charge is 0.330 e. The predicted molar refractivity (Wildman–Crippen MR) is 97.3 cm³/mol. The maximum Gasteiger partial charge on any atom is 0.330 e. The van der Waals surface area contributed by atoms with Crippen LogP contribution in [0.5, 0.6) is 11.5 Å². The maximum absolute atomic E-state index is 11.2. The van der Waals surface area contributed by atoms with E-state index in [1.165, 1.54) is 13.2 Å². The normalized spacial score (nSPS) is 10.9. The van der Waals surface area contributed by atoms with Gasteiger partial charge in [-0.05, 0) is 42.8 Å². The van der Waals surface area contributed by atoms with Gasteiger partial charge in [-0.2, -0.15) is 0 Å². The number of rotatable bonds is 7. The van der Waals surface area contributed by atoms with E-state index >= 15 is 0 Å². The van der Waals surface area contributed by atoms with Crippen molar-refractivity contribution in [1.82, 2.24) is 4.98 Å². The van der Waals surface area contributed by atoms with Crippen LogP contribution in [0.25, 0.3) is 17.7 Å². The minimum absolute atomic E-state index is 0.212. The van der Waals surface area contributed by atoms with Gasteiger partial charge < -0.3 is 23.0 Å². The highest BCUT2D eigenvalue weighted by Crippen LogP contribution is 2.30. The number of carbonyl (C=O) groups excluding carboxylic acids is 1. The Hall–Kier alpha value is -3.48. The van der Waals surface area contributed by atoms with E-state index in [2.05, 4.69) is 9.72 Å². The summed E-state index contributed by atoms with van der Waals surface area (Å²) in [4.78, 5) is 15.6. The number of nitrogens with zero attached hydrogens (tertiary/aromatic N) is 1. The van der Waals surface area contributed by atoms with E-state index in [4.69, 9.17) is 18.3 Å². The standard InChI is InChI=1S/C20H19NO6/c1-13-15(21-20(27-13)17-5-4-10-25-17)12-26-16-8-6-14(11-18(16)23-2)7-9-19(22)24-3/h4-11H,12H2,1-3H3/b9-7+. The minimum Gasteiger partial charge on any atom is -0.493 e. The Morgan fingerprint density at radius 1 is 1.22 bits per heavy atom. The lowest BCUT2D eigenvalue weighted by Crippen LogP contribution is -2.00. The molecule has 0 radical (unpaired) electrons. The third-order valence-corrected chi connectivity index (χ3v) is 3.79. The Balaban J connectivity index is 1.72. The number of aryl methyl sites for hydroxylation is 1. The fourth-order valence-corrected chi connectivity index (χ4v) is 2.35. The summed E-state index contributed by atoms with van der Waals surface area (Å²) in [6.07, 6.45) is 4.53. The van der Waals surface area contributed by atoms with Crippen molar-refractivity contribution in [1.29, 1.82) is 0 Å². The highest BCUT2D eigenvalue weighted by atomic mass is 16.5. The third kappa shape index (κ3) is 4.38. The van der Waals surface area contributed by atoms with Crippen molar-refractivity contribution < 1.29 is 27.8 Å². The second kappa shape index (κ2) is 8.27. The Morgan fingerprint density at radius 2 is 2.07 bits per heavy atom. The van der Waals surface area contributed by atoms with Crippen LogP contribution in [0.2, 0.25) is 0 Å². The van der Waals surface area contributed by atoms with Crippen LogP contribution >= 0.6 is 0 Å². The van der Waals surface area contributed by atoms with E-state index in [0.29, 0.717) is 34.6 Å². The molecule has 1 aromatic carbocycles. The molecule has 0 aliphatic heterocycles. The fourth-order valence-electron chi connectivity index (χ4n) is 2.35. The first-order valence-electron chi connectivity index (χ1n) is 8.17. The van der Waals surface area contributed by atoms with Gasteiger partial charge in [-0.15, -0.1) is 0 Å². The molecule has 3 aromatic rings. The van der Waals surface area contributed by atoms with E-state index in [9.17, 15) is 4.79 Å². The summed E-state index contributed by atoms with van der Waals surface area (Å²) in [6.45, 7) is 2.03. The van der Waals surface area contributed by atoms with Crippen LogP contribution in [0, 0.1) is 6.92 Å². The Morgan fingerprint density at radius 3 is 2.78 bits per heavy atom. The van der Waals surface area contributed by atoms with E-state index < -0.39 is 5.97 Å². The van der Waals surface area contributed by atoms with Gasteiger partial charge in [0.15, 0.2) is 17.3 Å². The molecule has 0 amide bonds. The van der Waals surface area contributed by atoms with Crippen LogP contribution in [0.4, 0.5) is 0 Å². The average Bonchev–Trinajstić information content (AvgIpc) is 3.34. The molecule has 0 aliphatic carbocycles. The van der Waals surface area contributed by atoms with Crippen molar-refractivity contribution in [2.45, 2.75) is 13.5 Å². The van der Waals surface area contributed by atoms with E-state index in [-0.39, 0.29) is 6.61 Å². The SMILES string of the molecule is COC(=O)/C=C/c1ccc(OCc2nc(-c3ccco3)oc2C)c(OC)c1. The molecule has 0 spiro atoms. The second-order valence-electron chi connectivity index (χ2n) is 5.55. The van der Waals surface area contributed by atoms with Gasteiger partial charge in [0.1, 0.15) is 18.1 Å². The summed E-state index contributed by atoms with van der Waals surface area (Å²) < 4.78 is 26.7. The molecule has 0 saturated carbocycles. The molecule has 0 fully saturated rings. The fraction of sp³-hybridized carbons (Fsp3) is 0.200. The highest BCUT2D eigenvalue weighted by Gasteiger charge is 2.15. The zero-order valence-electron chi connectivity index (χ0n) is 15.2. The quantitative estimate of drug-likeness (QED) is 0.459. The number of esters is 1. The molecule has 2 aromatic heterocycles. The van der Waals surface area contributed by atoms with Crippen molar-refractivity contribution in [3.8, 4) is 23.1 Å². The monoisotopic (exact) mass is 369 g/mol. The molecule has 27 heavy (non-hydrogen) atoms. The van der Waals surface area contributed by atoms with Crippen LogP contribution in [-0.4, -0.2) is 25.2 Å². The Labute approximate surface area is 156 Å². The number of hydrogen-bond donors (Lipinski definition) is 0. The molecule has 2 heterocycles. The number of carbonyl (C=O) groups is 1. The molecule has 0 aliphatic rings. The summed E-state index contributed by atoms with van der Waals surface area (Å²) in [7, 11) is 2.87. The molecule has 3 rings (SSSR count). The summed E-state index contributed by atoms with van der Waals surface area (Å²) in [5.74, 6) is 2.28. The lowest BCUT2D eigenvalue weighted by atomic mass is 10.2. The number of aromatic nitrogens is 1. The average molecular weight is 369 g/mol. The Bertz CT molecular complexity index is 940. The lowest BCUT2D eigenvalue weighted by molar-refractivity contribution is -0.134. The molecule has 7 nitrogen and oxygen atoms in total. The summed E-state index contributed by atoms with van der Waals surface area (Å²) in [5, 5.41) is 0. The van der Waals surface area contributed by atoms with Crippen molar-refractivity contribution in [2.75, 3.05) is 14.2 Å². The van der Waals surface area contributed by atoms with Crippen LogP contribution in [-0.2, 0) is 16.1 Å². The summed E-state index contributed by atoms with van der Waals surface area (Å²) >= 11 is 0. The molecular formula is C20H19NO6. The van der Waals surface area contributed by atoms with E-state index in [1.54, 1.807) is 49.8 Å². The van der Waals surface area contributed by atoms with Gasteiger partial charge in [0, 0.05) is 6.08 Å². The first-order valence-corrected chi connectivity index (χ1v) is 8.17. The van der Waals surface area contributed by atoms with Crippen molar-refractivity contribution in [3.05, 3.63) is 59.7 Å². The van der Waals surface area contributed by atoms with Gasteiger partial charge in [-0.3, -0.25) is 0 Å². The zero-order chi connectivity index (χ0) is 19.2. The van der Waals surface area contributed by atoms with Gasteiger partial charge in [-0.25, -0.2) is 9.78 Å². The molecule has 7 heteroatoms. The highest BCUT2D eigenvalue weighted by molar-refractivity contribution is 5.87. The number of oxazole rings is 1. The third-order valence-electron chi connectivity index (χ3n) is 3.79.